The summed E-state index contributed by atoms with van der Waals surface area (Å²) in [5.74, 6) is 0.785. The fourth-order valence-electron chi connectivity index (χ4n) is 2.66. The van der Waals surface area contributed by atoms with Crippen LogP contribution < -0.4 is 10.1 Å². The SMILES string of the molecule is COc1ccc(NC2CCCC(S(C)(=O)=O)C2)cc1Br. The molecule has 0 aliphatic heterocycles. The van der Waals surface area contributed by atoms with Crippen molar-refractivity contribution in [2.24, 2.45) is 0 Å². The summed E-state index contributed by atoms with van der Waals surface area (Å²) in [4.78, 5) is 0. The van der Waals surface area contributed by atoms with Gasteiger partial charge in [-0.2, -0.15) is 0 Å². The molecule has 0 bridgehead atoms. The first-order valence-corrected chi connectivity index (χ1v) is 9.44. The normalized spacial score (nSPS) is 23.4. The molecule has 0 heterocycles. The number of hydrogen-bond donors (Lipinski definition) is 1. The van der Waals surface area contributed by atoms with Crippen LogP contribution in [0.3, 0.4) is 0 Å². The third-order valence-corrected chi connectivity index (χ3v) is 6.01. The van der Waals surface area contributed by atoms with E-state index in [-0.39, 0.29) is 11.3 Å². The minimum atomic E-state index is -2.94. The highest BCUT2D eigenvalue weighted by molar-refractivity contribution is 9.10. The summed E-state index contributed by atoms with van der Waals surface area (Å²) < 4.78 is 29.4. The Bertz CT molecular complexity index is 574. The molecule has 0 aromatic heterocycles. The van der Waals surface area contributed by atoms with Crippen molar-refractivity contribution in [2.75, 3.05) is 18.7 Å². The van der Waals surface area contributed by atoms with Crippen LogP contribution in [0.15, 0.2) is 22.7 Å². The van der Waals surface area contributed by atoms with Crippen LogP contribution in [0.1, 0.15) is 25.7 Å². The van der Waals surface area contributed by atoms with E-state index in [1.807, 2.05) is 18.2 Å². The highest BCUT2D eigenvalue weighted by atomic mass is 79.9. The number of ether oxygens (including phenoxy) is 1. The first-order chi connectivity index (χ1) is 9.40. The van der Waals surface area contributed by atoms with Crippen molar-refractivity contribution >= 4 is 31.5 Å². The van der Waals surface area contributed by atoms with Gasteiger partial charge in [0.15, 0.2) is 0 Å². The van der Waals surface area contributed by atoms with Gasteiger partial charge in [0, 0.05) is 18.0 Å². The van der Waals surface area contributed by atoms with E-state index in [1.165, 1.54) is 6.26 Å². The van der Waals surface area contributed by atoms with Crippen molar-refractivity contribution < 1.29 is 13.2 Å². The number of hydrogen-bond acceptors (Lipinski definition) is 4. The molecule has 1 aliphatic rings. The van der Waals surface area contributed by atoms with E-state index < -0.39 is 9.84 Å². The monoisotopic (exact) mass is 361 g/mol. The van der Waals surface area contributed by atoms with Gasteiger partial charge in [-0.1, -0.05) is 6.42 Å². The minimum Gasteiger partial charge on any atom is -0.496 e. The van der Waals surface area contributed by atoms with Gasteiger partial charge in [0.05, 0.1) is 16.8 Å². The average Bonchev–Trinajstić information content (AvgIpc) is 2.38. The lowest BCUT2D eigenvalue weighted by Crippen LogP contribution is -2.34. The summed E-state index contributed by atoms with van der Waals surface area (Å²) in [7, 11) is -1.31. The van der Waals surface area contributed by atoms with Crippen LogP contribution in [0.25, 0.3) is 0 Å². The predicted molar refractivity (Wildman–Crippen MR) is 85.2 cm³/mol. The molecule has 2 unspecified atom stereocenters. The van der Waals surface area contributed by atoms with Crippen LogP contribution in [0, 0.1) is 0 Å². The molecule has 1 saturated carbocycles. The van der Waals surface area contributed by atoms with E-state index in [9.17, 15) is 8.42 Å². The number of sulfone groups is 1. The molecule has 1 aromatic rings. The maximum absolute atomic E-state index is 11.7. The number of methoxy groups -OCH3 is 1. The topological polar surface area (TPSA) is 55.4 Å². The van der Waals surface area contributed by atoms with Gasteiger partial charge in [0.25, 0.3) is 0 Å². The predicted octanol–water partition coefficient (Wildman–Crippen LogP) is 3.23. The van der Waals surface area contributed by atoms with Crippen LogP contribution in [0.2, 0.25) is 0 Å². The molecule has 0 saturated heterocycles. The first kappa shape index (κ1) is 15.6. The van der Waals surface area contributed by atoms with Crippen molar-refractivity contribution in [1.82, 2.24) is 0 Å². The second kappa shape index (κ2) is 6.35. The van der Waals surface area contributed by atoms with Gasteiger partial charge in [0.1, 0.15) is 15.6 Å². The molecule has 1 N–H and O–H groups in total. The Balaban J connectivity index is 2.04. The maximum atomic E-state index is 11.7. The second-order valence-corrected chi connectivity index (χ2v) is 8.49. The number of halogens is 1. The van der Waals surface area contributed by atoms with Gasteiger partial charge in [-0.15, -0.1) is 0 Å². The summed E-state index contributed by atoms with van der Waals surface area (Å²) in [6.07, 6.45) is 4.76. The number of benzene rings is 1. The molecule has 1 aromatic carbocycles. The number of rotatable bonds is 4. The summed E-state index contributed by atoms with van der Waals surface area (Å²) in [5.41, 5.74) is 0.983. The Kier molecular flexibility index (Phi) is 4.96. The molecule has 0 amide bonds. The van der Waals surface area contributed by atoms with Gasteiger partial charge in [0.2, 0.25) is 0 Å². The lowest BCUT2D eigenvalue weighted by Gasteiger charge is -2.29. The largest absolute Gasteiger partial charge is 0.496 e. The third-order valence-electron chi connectivity index (χ3n) is 3.75. The van der Waals surface area contributed by atoms with E-state index in [1.54, 1.807) is 7.11 Å². The molecular weight excluding hydrogens is 342 g/mol. The molecule has 4 nitrogen and oxygen atoms in total. The van der Waals surface area contributed by atoms with Crippen LogP contribution in [-0.4, -0.2) is 33.1 Å². The molecule has 2 atom stereocenters. The summed E-state index contributed by atoms with van der Waals surface area (Å²) >= 11 is 3.45. The van der Waals surface area contributed by atoms with Gasteiger partial charge in [-0.25, -0.2) is 8.42 Å². The Morgan fingerprint density at radius 2 is 2.10 bits per heavy atom. The molecule has 6 heteroatoms. The average molecular weight is 362 g/mol. The standard InChI is InChI=1S/C14H20BrNO3S/c1-19-14-7-6-11(9-13(14)15)16-10-4-3-5-12(8-10)20(2,17)18/h6-7,9-10,12,16H,3-5,8H2,1-2H3. The van der Waals surface area contributed by atoms with Gasteiger partial charge < -0.3 is 10.1 Å². The summed E-state index contributed by atoms with van der Waals surface area (Å²) in [5, 5.41) is 3.21. The Morgan fingerprint density at radius 3 is 2.70 bits per heavy atom. The molecule has 1 aliphatic carbocycles. The fraction of sp³-hybridized carbons (Fsp3) is 0.571. The molecule has 20 heavy (non-hydrogen) atoms. The van der Waals surface area contributed by atoms with Crippen LogP contribution in [-0.2, 0) is 9.84 Å². The fourth-order valence-corrected chi connectivity index (χ4v) is 4.37. The highest BCUT2D eigenvalue weighted by Gasteiger charge is 2.28. The molecule has 0 spiro atoms. The van der Waals surface area contributed by atoms with Gasteiger partial charge in [-0.05, 0) is 53.4 Å². The summed E-state index contributed by atoms with van der Waals surface area (Å²) in [6.45, 7) is 0. The van der Waals surface area contributed by atoms with Crippen LogP contribution in [0.5, 0.6) is 5.75 Å². The van der Waals surface area contributed by atoms with Crippen molar-refractivity contribution in [3.05, 3.63) is 22.7 Å². The Labute approximate surface area is 129 Å². The minimum absolute atomic E-state index is 0.212. The summed E-state index contributed by atoms with van der Waals surface area (Å²) in [6, 6.07) is 6.02. The molecule has 112 valence electrons. The smallest absolute Gasteiger partial charge is 0.150 e. The maximum Gasteiger partial charge on any atom is 0.150 e. The van der Waals surface area contributed by atoms with Crippen molar-refractivity contribution in [3.8, 4) is 5.75 Å². The Hall–Kier alpha value is -0.750. The van der Waals surface area contributed by atoms with Crippen LogP contribution >= 0.6 is 15.9 Å². The zero-order chi connectivity index (χ0) is 14.8. The number of anilines is 1. The second-order valence-electron chi connectivity index (χ2n) is 5.31. The molecular formula is C14H20BrNO3S. The lowest BCUT2D eigenvalue weighted by atomic mass is 9.95. The van der Waals surface area contributed by atoms with E-state index in [0.717, 1.165) is 35.2 Å². The Morgan fingerprint density at radius 1 is 1.35 bits per heavy atom. The van der Waals surface area contributed by atoms with E-state index in [2.05, 4.69) is 21.2 Å². The van der Waals surface area contributed by atoms with Gasteiger partial charge in [-0.3, -0.25) is 0 Å². The zero-order valence-corrected chi connectivity index (χ0v) is 14.1. The van der Waals surface area contributed by atoms with Crippen molar-refractivity contribution in [1.29, 1.82) is 0 Å². The third kappa shape index (κ3) is 3.88. The van der Waals surface area contributed by atoms with E-state index >= 15 is 0 Å². The quantitative estimate of drug-likeness (QED) is 0.894. The molecule has 1 fully saturated rings. The number of nitrogens with one attached hydrogen (secondary N) is 1. The van der Waals surface area contributed by atoms with Gasteiger partial charge >= 0.3 is 0 Å². The van der Waals surface area contributed by atoms with Crippen molar-refractivity contribution in [2.45, 2.75) is 37.0 Å². The van der Waals surface area contributed by atoms with E-state index in [0.29, 0.717) is 6.42 Å². The zero-order valence-electron chi connectivity index (χ0n) is 11.7. The lowest BCUT2D eigenvalue weighted by molar-refractivity contribution is 0.412. The highest BCUT2D eigenvalue weighted by Crippen LogP contribution is 2.30. The first-order valence-electron chi connectivity index (χ1n) is 6.69. The molecule has 2 rings (SSSR count). The van der Waals surface area contributed by atoms with Crippen molar-refractivity contribution in [3.63, 3.8) is 0 Å². The van der Waals surface area contributed by atoms with Crippen LogP contribution in [0.4, 0.5) is 5.69 Å². The van der Waals surface area contributed by atoms with E-state index in [4.69, 9.17) is 4.74 Å². The molecule has 0 radical (unpaired) electrons.